The first kappa shape index (κ1) is 10.8. The van der Waals surface area contributed by atoms with Gasteiger partial charge in [0.15, 0.2) is 0 Å². The summed E-state index contributed by atoms with van der Waals surface area (Å²) in [5, 5.41) is 0. The second-order valence-electron chi connectivity index (χ2n) is 3.09. The summed E-state index contributed by atoms with van der Waals surface area (Å²) in [5.41, 5.74) is 0.0428. The molecule has 1 aromatic rings. The Labute approximate surface area is 81.1 Å². The summed E-state index contributed by atoms with van der Waals surface area (Å²) in [7, 11) is 0. The van der Waals surface area contributed by atoms with Crippen molar-refractivity contribution in [3.63, 3.8) is 0 Å². The van der Waals surface area contributed by atoms with E-state index in [-0.39, 0.29) is 11.1 Å². The van der Waals surface area contributed by atoms with E-state index in [9.17, 15) is 13.2 Å². The molecule has 0 saturated carbocycles. The van der Waals surface area contributed by atoms with Crippen molar-refractivity contribution in [3.8, 4) is 0 Å². The molecule has 1 aromatic carbocycles. The minimum Gasteiger partial charge on any atom is -0.207 e. The van der Waals surface area contributed by atoms with E-state index in [1.807, 2.05) is 0 Å². The maximum atomic E-state index is 13.3. The predicted octanol–water partition coefficient (Wildman–Crippen LogP) is 3.80. The van der Waals surface area contributed by atoms with E-state index in [1.54, 1.807) is 0 Å². The van der Waals surface area contributed by atoms with Gasteiger partial charge in [-0.15, -0.1) is 0 Å². The maximum absolute atomic E-state index is 13.3. The van der Waals surface area contributed by atoms with E-state index >= 15 is 0 Å². The number of hydrogen-bond acceptors (Lipinski definition) is 0. The first-order valence-corrected chi connectivity index (χ1v) is 4.25. The van der Waals surface area contributed by atoms with E-state index < -0.39 is 11.7 Å². The van der Waals surface area contributed by atoms with Crippen LogP contribution in [-0.2, 0) is 5.92 Å². The van der Waals surface area contributed by atoms with Crippen LogP contribution in [0.3, 0.4) is 0 Å². The van der Waals surface area contributed by atoms with Gasteiger partial charge in [-0.3, -0.25) is 0 Å². The fourth-order valence-electron chi connectivity index (χ4n) is 1.16. The highest BCUT2D eigenvalue weighted by molar-refractivity contribution is 5.29. The average Bonchev–Trinajstić information content (AvgIpc) is 2.09. The topological polar surface area (TPSA) is 0 Å². The summed E-state index contributed by atoms with van der Waals surface area (Å²) in [6, 6.07) is 3.32. The summed E-state index contributed by atoms with van der Waals surface area (Å²) >= 11 is 0. The Balaban J connectivity index is 3.14. The summed E-state index contributed by atoms with van der Waals surface area (Å²) in [6.07, 6.45) is 2.07. The molecule has 0 saturated heterocycles. The van der Waals surface area contributed by atoms with Crippen molar-refractivity contribution >= 4 is 0 Å². The van der Waals surface area contributed by atoms with Gasteiger partial charge in [-0.25, -0.2) is 4.39 Å². The third-order valence-electron chi connectivity index (χ3n) is 1.92. The Morgan fingerprint density at radius 1 is 1.29 bits per heavy atom. The number of rotatable bonds is 2. The molecule has 0 N–H and O–H groups in total. The smallest absolute Gasteiger partial charge is 0.207 e. The monoisotopic (exact) mass is 200 g/mol. The Morgan fingerprint density at radius 2 is 1.93 bits per heavy atom. The summed E-state index contributed by atoms with van der Waals surface area (Å²) in [6.45, 7) is 2.98. The minimum atomic E-state index is -3.02. The van der Waals surface area contributed by atoms with E-state index in [0.717, 1.165) is 24.3 Å². The zero-order valence-corrected chi connectivity index (χ0v) is 8.02. The van der Waals surface area contributed by atoms with Crippen LogP contribution in [0.15, 0.2) is 30.4 Å². The van der Waals surface area contributed by atoms with E-state index in [4.69, 9.17) is 0 Å². The molecule has 0 fully saturated rings. The molecule has 0 aliphatic heterocycles. The molecule has 76 valence electrons. The van der Waals surface area contributed by atoms with Crippen molar-refractivity contribution in [1.29, 1.82) is 0 Å². The Hall–Kier alpha value is -1.25. The van der Waals surface area contributed by atoms with Crippen LogP contribution in [0.1, 0.15) is 18.1 Å². The molecule has 0 aromatic heterocycles. The highest BCUT2D eigenvalue weighted by Gasteiger charge is 2.27. The standard InChI is InChI=1S/C11H11F3/c1-3-6-11(13,14)9-4-5-10(12)8(2)7-9/h3-7H,1-2H3. The Morgan fingerprint density at radius 3 is 2.43 bits per heavy atom. The van der Waals surface area contributed by atoms with Gasteiger partial charge in [0.05, 0.1) is 0 Å². The molecule has 0 atom stereocenters. The van der Waals surface area contributed by atoms with Gasteiger partial charge in [-0.1, -0.05) is 6.08 Å². The van der Waals surface area contributed by atoms with Crippen LogP contribution in [0.5, 0.6) is 0 Å². The fraction of sp³-hybridized carbons (Fsp3) is 0.273. The average molecular weight is 200 g/mol. The highest BCUT2D eigenvalue weighted by atomic mass is 19.3. The molecule has 0 amide bonds. The molecule has 0 aliphatic rings. The van der Waals surface area contributed by atoms with Crippen LogP contribution in [0.25, 0.3) is 0 Å². The molecule has 3 heteroatoms. The van der Waals surface area contributed by atoms with Crippen molar-refractivity contribution in [2.45, 2.75) is 19.8 Å². The number of hydrogen-bond donors (Lipinski definition) is 0. The number of halogens is 3. The second kappa shape index (κ2) is 3.86. The van der Waals surface area contributed by atoms with Gasteiger partial charge < -0.3 is 0 Å². The van der Waals surface area contributed by atoms with Crippen LogP contribution in [0.4, 0.5) is 13.2 Å². The third kappa shape index (κ3) is 2.16. The third-order valence-corrected chi connectivity index (χ3v) is 1.92. The molecular formula is C11H11F3. The van der Waals surface area contributed by atoms with Crippen LogP contribution in [0, 0.1) is 12.7 Å². The van der Waals surface area contributed by atoms with Crippen LogP contribution >= 0.6 is 0 Å². The molecule has 0 spiro atoms. The maximum Gasteiger partial charge on any atom is 0.291 e. The summed E-state index contributed by atoms with van der Waals surface area (Å²) in [5.74, 6) is -3.49. The van der Waals surface area contributed by atoms with Crippen LogP contribution < -0.4 is 0 Å². The summed E-state index contributed by atoms with van der Waals surface area (Å²) < 4.78 is 39.3. The molecule has 1 rings (SSSR count). The zero-order chi connectivity index (χ0) is 10.8. The molecule has 0 radical (unpaired) electrons. The largest absolute Gasteiger partial charge is 0.291 e. The van der Waals surface area contributed by atoms with Gasteiger partial charge in [0.1, 0.15) is 5.82 Å². The number of allylic oxidation sites excluding steroid dienone is 2. The van der Waals surface area contributed by atoms with Crippen LogP contribution in [0.2, 0.25) is 0 Å². The van der Waals surface area contributed by atoms with Crippen molar-refractivity contribution in [2.75, 3.05) is 0 Å². The minimum absolute atomic E-state index is 0.186. The number of alkyl halides is 2. The number of benzene rings is 1. The molecular weight excluding hydrogens is 189 g/mol. The van der Waals surface area contributed by atoms with E-state index in [1.165, 1.54) is 19.9 Å². The van der Waals surface area contributed by atoms with Crippen molar-refractivity contribution in [1.82, 2.24) is 0 Å². The lowest BCUT2D eigenvalue weighted by atomic mass is 10.1. The van der Waals surface area contributed by atoms with Gasteiger partial charge in [0, 0.05) is 5.56 Å². The van der Waals surface area contributed by atoms with Crippen molar-refractivity contribution < 1.29 is 13.2 Å². The molecule has 0 unspecified atom stereocenters. The molecule has 0 heterocycles. The van der Waals surface area contributed by atoms with Gasteiger partial charge in [0.25, 0.3) is 5.92 Å². The molecule has 0 bridgehead atoms. The Bertz CT molecular complexity index is 354. The van der Waals surface area contributed by atoms with E-state index in [2.05, 4.69) is 0 Å². The second-order valence-corrected chi connectivity index (χ2v) is 3.09. The first-order chi connectivity index (χ1) is 6.47. The number of aryl methyl sites for hydroxylation is 1. The molecule has 14 heavy (non-hydrogen) atoms. The van der Waals surface area contributed by atoms with Gasteiger partial charge >= 0.3 is 0 Å². The van der Waals surface area contributed by atoms with Gasteiger partial charge in [-0.05, 0) is 43.7 Å². The lowest BCUT2D eigenvalue weighted by Gasteiger charge is -2.12. The summed E-state index contributed by atoms with van der Waals surface area (Å²) in [4.78, 5) is 0. The lowest BCUT2D eigenvalue weighted by Crippen LogP contribution is -2.09. The van der Waals surface area contributed by atoms with Gasteiger partial charge in [0.2, 0.25) is 0 Å². The quantitative estimate of drug-likeness (QED) is 0.637. The lowest BCUT2D eigenvalue weighted by molar-refractivity contribution is 0.0518. The van der Waals surface area contributed by atoms with Crippen molar-refractivity contribution in [3.05, 3.63) is 47.3 Å². The van der Waals surface area contributed by atoms with Gasteiger partial charge in [-0.2, -0.15) is 8.78 Å². The molecule has 0 nitrogen and oxygen atoms in total. The zero-order valence-electron chi connectivity index (χ0n) is 8.02. The normalized spacial score (nSPS) is 12.4. The first-order valence-electron chi connectivity index (χ1n) is 4.25. The predicted molar refractivity (Wildman–Crippen MR) is 49.8 cm³/mol. The van der Waals surface area contributed by atoms with E-state index in [0.29, 0.717) is 0 Å². The fourth-order valence-corrected chi connectivity index (χ4v) is 1.16. The Kier molecular flexibility index (Phi) is 2.99. The van der Waals surface area contributed by atoms with Crippen LogP contribution in [-0.4, -0.2) is 0 Å². The van der Waals surface area contributed by atoms with Crippen molar-refractivity contribution in [2.24, 2.45) is 0 Å². The SMILES string of the molecule is CC=CC(F)(F)c1ccc(F)c(C)c1. The molecule has 0 aliphatic carbocycles. The highest BCUT2D eigenvalue weighted by Crippen LogP contribution is 2.30.